The second-order valence-electron chi connectivity index (χ2n) is 2.76. The smallest absolute Gasteiger partial charge is 0.441 e. The van der Waals surface area contributed by atoms with Crippen LogP contribution in [0.25, 0.3) is 5.53 Å². The summed E-state index contributed by atoms with van der Waals surface area (Å²) in [4.78, 5) is 25.0. The minimum Gasteiger partial charge on any atom is -0.444 e. The van der Waals surface area contributed by atoms with Gasteiger partial charge in [0.25, 0.3) is 5.78 Å². The van der Waals surface area contributed by atoms with Crippen molar-refractivity contribution >= 4 is 17.5 Å². The predicted octanol–water partition coefficient (Wildman–Crippen LogP) is 0.593. The van der Waals surface area contributed by atoms with Crippen LogP contribution in [0.1, 0.15) is 26.2 Å². The third kappa shape index (κ3) is 4.75. The van der Waals surface area contributed by atoms with E-state index in [4.69, 9.17) is 12.0 Å². The van der Waals surface area contributed by atoms with E-state index in [0.29, 0.717) is 6.42 Å². The maximum Gasteiger partial charge on any atom is 0.441 e. The van der Waals surface area contributed by atoms with Gasteiger partial charge in [-0.05, 0) is 6.42 Å². The second kappa shape index (κ2) is 7.48. The van der Waals surface area contributed by atoms with Crippen molar-refractivity contribution in [1.29, 1.82) is 0 Å². The van der Waals surface area contributed by atoms with Crippen LogP contribution in [0, 0.1) is 12.3 Å². The highest BCUT2D eigenvalue weighted by atomic mass is 16.5. The van der Waals surface area contributed by atoms with Gasteiger partial charge in [0.05, 0.1) is 0 Å². The summed E-state index contributed by atoms with van der Waals surface area (Å²) < 4.78 is 4.46. The Labute approximate surface area is 88.0 Å². The van der Waals surface area contributed by atoms with Gasteiger partial charge in [0, 0.05) is 6.42 Å². The predicted molar refractivity (Wildman–Crippen MR) is 53.0 cm³/mol. The Hall–Kier alpha value is -1.92. The molecule has 0 bridgehead atoms. The first kappa shape index (κ1) is 13.1. The molecule has 0 aliphatic rings. The summed E-state index contributed by atoms with van der Waals surface area (Å²) in [5, 5.41) is 0. The first-order valence-corrected chi connectivity index (χ1v) is 4.53. The molecular weight excluding hydrogens is 196 g/mol. The standard InChI is InChI=1S/C10H12N2O3/c1-3-5-6-8(13)9(12-11)10(14)15-7-4-2/h2H,3,5-7H2,1H3. The van der Waals surface area contributed by atoms with Crippen LogP contribution in [0.5, 0.6) is 0 Å². The van der Waals surface area contributed by atoms with E-state index in [1.54, 1.807) is 0 Å². The Morgan fingerprint density at radius 1 is 1.53 bits per heavy atom. The molecule has 0 spiro atoms. The average molecular weight is 208 g/mol. The summed E-state index contributed by atoms with van der Waals surface area (Å²) in [5.74, 6) is 0.539. The number of unbranched alkanes of at least 4 members (excludes halogenated alkanes) is 1. The van der Waals surface area contributed by atoms with E-state index in [9.17, 15) is 9.59 Å². The van der Waals surface area contributed by atoms with Crippen molar-refractivity contribution in [2.45, 2.75) is 26.2 Å². The van der Waals surface area contributed by atoms with Gasteiger partial charge >= 0.3 is 11.7 Å². The lowest BCUT2D eigenvalue weighted by atomic mass is 10.1. The highest BCUT2D eigenvalue weighted by Crippen LogP contribution is 1.97. The maximum absolute atomic E-state index is 11.3. The maximum atomic E-state index is 11.3. The topological polar surface area (TPSA) is 79.8 Å². The molecule has 0 saturated carbocycles. The molecule has 0 aromatic heterocycles. The fourth-order valence-corrected chi connectivity index (χ4v) is 0.842. The summed E-state index contributed by atoms with van der Waals surface area (Å²) in [6, 6.07) is 0. The van der Waals surface area contributed by atoms with Crippen LogP contribution in [0.4, 0.5) is 0 Å². The quantitative estimate of drug-likeness (QED) is 0.160. The number of nitrogens with zero attached hydrogens (tertiary/aromatic N) is 2. The molecule has 0 radical (unpaired) electrons. The van der Waals surface area contributed by atoms with Crippen LogP contribution < -0.4 is 0 Å². The molecule has 0 atom stereocenters. The van der Waals surface area contributed by atoms with Crippen LogP contribution in [-0.2, 0) is 14.3 Å². The zero-order chi connectivity index (χ0) is 11.7. The Bertz CT molecular complexity index is 335. The molecule has 5 heteroatoms. The van der Waals surface area contributed by atoms with Crippen molar-refractivity contribution in [3.8, 4) is 12.3 Å². The number of esters is 1. The average Bonchev–Trinajstić information content (AvgIpc) is 2.24. The lowest BCUT2D eigenvalue weighted by Gasteiger charge is -1.96. The largest absolute Gasteiger partial charge is 0.444 e. The zero-order valence-corrected chi connectivity index (χ0v) is 8.52. The number of rotatable bonds is 6. The second-order valence-corrected chi connectivity index (χ2v) is 2.76. The number of ketones is 1. The molecule has 0 aromatic rings. The summed E-state index contributed by atoms with van der Waals surface area (Å²) in [5.41, 5.74) is 7.88. The highest BCUT2D eigenvalue weighted by Gasteiger charge is 2.30. The van der Waals surface area contributed by atoms with Crippen molar-refractivity contribution in [3.63, 3.8) is 0 Å². The molecule has 15 heavy (non-hydrogen) atoms. The van der Waals surface area contributed by atoms with Gasteiger partial charge in [-0.2, -0.15) is 4.79 Å². The fourth-order valence-electron chi connectivity index (χ4n) is 0.842. The Balaban J connectivity index is 4.38. The van der Waals surface area contributed by atoms with Crippen LogP contribution in [-0.4, -0.2) is 28.9 Å². The first-order chi connectivity index (χ1) is 7.17. The van der Waals surface area contributed by atoms with Crippen LogP contribution >= 0.6 is 0 Å². The van der Waals surface area contributed by atoms with Crippen molar-refractivity contribution in [2.75, 3.05) is 6.61 Å². The molecule has 0 fully saturated rings. The van der Waals surface area contributed by atoms with E-state index in [1.165, 1.54) is 0 Å². The molecule has 0 heterocycles. The van der Waals surface area contributed by atoms with Crippen LogP contribution in [0.3, 0.4) is 0 Å². The Kier molecular flexibility index (Phi) is 6.52. The summed E-state index contributed by atoms with van der Waals surface area (Å²) in [6.07, 6.45) is 6.45. The zero-order valence-electron chi connectivity index (χ0n) is 8.52. The van der Waals surface area contributed by atoms with Gasteiger partial charge in [0.15, 0.2) is 6.61 Å². The molecule has 0 unspecified atom stereocenters. The van der Waals surface area contributed by atoms with Crippen LogP contribution in [0.2, 0.25) is 0 Å². The first-order valence-electron chi connectivity index (χ1n) is 4.53. The lowest BCUT2D eigenvalue weighted by molar-refractivity contribution is -0.141. The van der Waals surface area contributed by atoms with E-state index in [2.05, 4.69) is 15.4 Å². The minimum absolute atomic E-state index is 0.154. The van der Waals surface area contributed by atoms with E-state index < -0.39 is 17.5 Å². The monoisotopic (exact) mass is 208 g/mol. The molecule has 0 saturated heterocycles. The normalized spacial score (nSPS) is 8.53. The molecule has 0 aliphatic carbocycles. The number of terminal acetylenes is 1. The van der Waals surface area contributed by atoms with E-state index in [1.807, 2.05) is 6.92 Å². The third-order valence-corrected chi connectivity index (χ3v) is 1.60. The molecule has 0 rings (SSSR count). The van der Waals surface area contributed by atoms with Gasteiger partial charge in [0.1, 0.15) is 0 Å². The van der Waals surface area contributed by atoms with Gasteiger partial charge < -0.3 is 10.3 Å². The Morgan fingerprint density at radius 2 is 2.20 bits per heavy atom. The molecule has 0 N–H and O–H groups in total. The molecular formula is C10H12N2O3. The molecule has 0 amide bonds. The summed E-state index contributed by atoms with van der Waals surface area (Å²) in [7, 11) is 0. The van der Waals surface area contributed by atoms with E-state index >= 15 is 0 Å². The van der Waals surface area contributed by atoms with Crippen LogP contribution in [0.15, 0.2) is 0 Å². The van der Waals surface area contributed by atoms with Gasteiger partial charge in [-0.25, -0.2) is 4.79 Å². The van der Waals surface area contributed by atoms with Crippen molar-refractivity contribution in [2.24, 2.45) is 0 Å². The minimum atomic E-state index is -0.989. The third-order valence-electron chi connectivity index (χ3n) is 1.60. The van der Waals surface area contributed by atoms with Crippen molar-refractivity contribution in [3.05, 3.63) is 5.53 Å². The number of ether oxygens (including phenoxy) is 1. The van der Waals surface area contributed by atoms with Gasteiger partial charge in [-0.3, -0.25) is 4.79 Å². The number of hydrogen-bond acceptors (Lipinski definition) is 3. The molecule has 80 valence electrons. The SMILES string of the molecule is C#CCOC(=O)C(=[N+]=[N-])C(=O)CCCC. The van der Waals surface area contributed by atoms with Gasteiger partial charge in [-0.1, -0.05) is 19.3 Å². The summed E-state index contributed by atoms with van der Waals surface area (Å²) >= 11 is 0. The molecule has 5 nitrogen and oxygen atoms in total. The number of hydrogen-bond donors (Lipinski definition) is 0. The molecule has 0 aliphatic heterocycles. The summed E-state index contributed by atoms with van der Waals surface area (Å²) in [6.45, 7) is 1.65. The highest BCUT2D eigenvalue weighted by molar-refractivity contribution is 6.62. The van der Waals surface area contributed by atoms with E-state index in [0.717, 1.165) is 6.42 Å². The van der Waals surface area contributed by atoms with Crippen molar-refractivity contribution < 1.29 is 19.1 Å². The number of carbonyl (C=O) groups excluding carboxylic acids is 2. The molecule has 0 aromatic carbocycles. The van der Waals surface area contributed by atoms with Gasteiger partial charge in [-0.15, -0.1) is 6.42 Å². The lowest BCUT2D eigenvalue weighted by Crippen LogP contribution is -2.27. The number of carbonyl (C=O) groups is 2. The number of Topliss-reactive ketones (excluding diaryl/α,β-unsaturated/α-hetero) is 1. The van der Waals surface area contributed by atoms with Crippen molar-refractivity contribution in [1.82, 2.24) is 0 Å². The van der Waals surface area contributed by atoms with Gasteiger partial charge in [0.2, 0.25) is 0 Å². The Morgan fingerprint density at radius 3 is 2.67 bits per heavy atom. The van der Waals surface area contributed by atoms with E-state index in [-0.39, 0.29) is 13.0 Å². The fraction of sp³-hybridized carbons (Fsp3) is 0.500.